The normalized spacial score (nSPS) is 12.1. The van der Waals surface area contributed by atoms with Gasteiger partial charge in [-0.3, -0.25) is 9.59 Å². The molecule has 0 aliphatic rings. The lowest BCUT2D eigenvalue weighted by molar-refractivity contribution is -0.137. The second-order valence-corrected chi connectivity index (χ2v) is 7.06. The van der Waals surface area contributed by atoms with E-state index in [9.17, 15) is 40.3 Å². The first-order valence-electron chi connectivity index (χ1n) is 7.91. The standard InChI is InChI=1S/C10H6ClF5O.C9H7ClF2O/c1-5-2-6(8(17)9(11,12)13)4-7(3-5)10(14,15)16;1-6-3-2-4-7(5-6)8(13)9(10,11)12/h2-4H,1H3;2-5H,1H3. The molecule has 0 fully saturated rings. The van der Waals surface area contributed by atoms with Crippen molar-refractivity contribution < 1.29 is 40.3 Å². The van der Waals surface area contributed by atoms with E-state index in [-0.39, 0.29) is 11.1 Å². The molecule has 0 spiro atoms. The van der Waals surface area contributed by atoms with Crippen LogP contribution < -0.4 is 0 Å². The van der Waals surface area contributed by atoms with E-state index >= 15 is 0 Å². The fourth-order valence-electron chi connectivity index (χ4n) is 2.19. The molecule has 2 nitrogen and oxygen atoms in total. The van der Waals surface area contributed by atoms with Crippen LogP contribution in [0.5, 0.6) is 0 Å². The predicted molar refractivity (Wildman–Crippen MR) is 97.6 cm³/mol. The summed E-state index contributed by atoms with van der Waals surface area (Å²) < 4.78 is 86.8. The summed E-state index contributed by atoms with van der Waals surface area (Å²) in [5.74, 6) is -3.22. The molecule has 0 bridgehead atoms. The SMILES string of the molecule is Cc1cc(C(=O)C(F)(F)Cl)cc(C(F)(F)F)c1.Cc1cccc(C(=O)C(F)(F)Cl)c1. The van der Waals surface area contributed by atoms with Crippen molar-refractivity contribution in [2.45, 2.75) is 30.8 Å². The minimum Gasteiger partial charge on any atom is -0.286 e. The quantitative estimate of drug-likeness (QED) is 0.269. The molecule has 11 heteroatoms. The minimum absolute atomic E-state index is 0.0455. The lowest BCUT2D eigenvalue weighted by Gasteiger charge is -2.11. The molecule has 0 atom stereocenters. The molecule has 164 valence electrons. The molecule has 0 aliphatic heterocycles. The van der Waals surface area contributed by atoms with Gasteiger partial charge >= 0.3 is 16.9 Å². The fraction of sp³-hybridized carbons (Fsp3) is 0.263. The van der Waals surface area contributed by atoms with Gasteiger partial charge in [-0.15, -0.1) is 0 Å². The summed E-state index contributed by atoms with van der Waals surface area (Å²) >= 11 is 9.06. The zero-order valence-corrected chi connectivity index (χ0v) is 16.8. The van der Waals surface area contributed by atoms with E-state index in [4.69, 9.17) is 0 Å². The van der Waals surface area contributed by atoms with Gasteiger partial charge in [-0.2, -0.15) is 30.7 Å². The number of hydrogen-bond acceptors (Lipinski definition) is 2. The average Bonchev–Trinajstić information content (AvgIpc) is 2.58. The van der Waals surface area contributed by atoms with E-state index in [0.717, 1.165) is 17.7 Å². The lowest BCUT2D eigenvalue weighted by Crippen LogP contribution is -2.22. The molecule has 0 aromatic heterocycles. The number of Topliss-reactive ketones (excluding diaryl/α,β-unsaturated/α-hetero) is 2. The highest BCUT2D eigenvalue weighted by Crippen LogP contribution is 2.32. The number of halogens is 9. The van der Waals surface area contributed by atoms with E-state index < -0.39 is 39.6 Å². The van der Waals surface area contributed by atoms with Crippen LogP contribution in [-0.2, 0) is 6.18 Å². The Morgan fingerprint density at radius 1 is 0.700 bits per heavy atom. The van der Waals surface area contributed by atoms with Crippen molar-refractivity contribution in [1.82, 2.24) is 0 Å². The summed E-state index contributed by atoms with van der Waals surface area (Å²) in [5, 5.41) is -8.02. The Kier molecular flexibility index (Phi) is 8.07. The van der Waals surface area contributed by atoms with Gasteiger partial charge in [-0.05, 0) is 66.9 Å². The van der Waals surface area contributed by atoms with Crippen LogP contribution >= 0.6 is 23.2 Å². The molecular weight excluding hydrogens is 464 g/mol. The van der Waals surface area contributed by atoms with Gasteiger partial charge in [0.2, 0.25) is 11.6 Å². The topological polar surface area (TPSA) is 34.1 Å². The zero-order valence-electron chi connectivity index (χ0n) is 15.3. The summed E-state index contributed by atoms with van der Waals surface area (Å²) in [4.78, 5) is 22.0. The first kappa shape index (κ1) is 25.9. The third kappa shape index (κ3) is 7.60. The Hall–Kier alpha value is -2.13. The van der Waals surface area contributed by atoms with Crippen molar-refractivity contribution in [3.05, 3.63) is 70.3 Å². The maximum atomic E-state index is 12.5. The van der Waals surface area contributed by atoms with Crippen molar-refractivity contribution in [1.29, 1.82) is 0 Å². The molecule has 0 amide bonds. The largest absolute Gasteiger partial charge is 0.416 e. The van der Waals surface area contributed by atoms with E-state index in [1.54, 1.807) is 13.0 Å². The maximum Gasteiger partial charge on any atom is 0.416 e. The average molecular weight is 477 g/mol. The molecule has 2 aromatic rings. The van der Waals surface area contributed by atoms with Crippen LogP contribution in [0.3, 0.4) is 0 Å². The summed E-state index contributed by atoms with van der Waals surface area (Å²) in [5.41, 5.74) is -1.21. The predicted octanol–water partition coefficient (Wildman–Crippen LogP) is 7.04. The molecule has 0 saturated carbocycles. The molecule has 0 N–H and O–H groups in total. The molecule has 0 saturated heterocycles. The number of carbonyl (C=O) groups excluding carboxylic acids is 2. The summed E-state index contributed by atoms with van der Waals surface area (Å²) in [6.07, 6.45) is -4.71. The maximum absolute atomic E-state index is 12.5. The van der Waals surface area contributed by atoms with Crippen molar-refractivity contribution in [2.24, 2.45) is 0 Å². The van der Waals surface area contributed by atoms with Gasteiger partial charge in [-0.25, -0.2) is 0 Å². The van der Waals surface area contributed by atoms with Crippen LogP contribution in [0.1, 0.15) is 37.4 Å². The van der Waals surface area contributed by atoms with Crippen molar-refractivity contribution in [3.63, 3.8) is 0 Å². The molecule has 0 radical (unpaired) electrons. The molecule has 2 aromatic carbocycles. The summed E-state index contributed by atoms with van der Waals surface area (Å²) in [7, 11) is 0. The van der Waals surface area contributed by atoms with Crippen molar-refractivity contribution >= 4 is 34.8 Å². The second kappa shape index (κ2) is 9.34. The third-order valence-electron chi connectivity index (χ3n) is 3.46. The Balaban J connectivity index is 0.000000311. The number of alkyl halides is 9. The first-order valence-corrected chi connectivity index (χ1v) is 8.67. The van der Waals surface area contributed by atoms with Gasteiger partial charge in [0, 0.05) is 11.1 Å². The zero-order chi connectivity index (χ0) is 23.5. The minimum atomic E-state index is -4.71. The second-order valence-electron chi connectivity index (χ2n) is 6.11. The van der Waals surface area contributed by atoms with Crippen LogP contribution in [0.15, 0.2) is 42.5 Å². The van der Waals surface area contributed by atoms with Crippen LogP contribution in [0.2, 0.25) is 0 Å². The molecule has 2 rings (SSSR count). The van der Waals surface area contributed by atoms with E-state index in [1.807, 2.05) is 0 Å². The van der Waals surface area contributed by atoms with E-state index in [1.165, 1.54) is 25.1 Å². The van der Waals surface area contributed by atoms with E-state index in [0.29, 0.717) is 6.07 Å². The Morgan fingerprint density at radius 2 is 1.17 bits per heavy atom. The number of benzene rings is 2. The monoisotopic (exact) mass is 476 g/mol. The van der Waals surface area contributed by atoms with Crippen LogP contribution in [0.4, 0.5) is 30.7 Å². The van der Waals surface area contributed by atoms with Crippen LogP contribution in [-0.4, -0.2) is 22.3 Å². The number of carbonyl (C=O) groups is 2. The van der Waals surface area contributed by atoms with E-state index in [2.05, 4.69) is 23.2 Å². The molecular formula is C19H13Cl2F7O2. The van der Waals surface area contributed by atoms with Crippen molar-refractivity contribution in [2.75, 3.05) is 0 Å². The van der Waals surface area contributed by atoms with Gasteiger partial charge in [0.05, 0.1) is 5.56 Å². The van der Waals surface area contributed by atoms with Gasteiger partial charge in [-0.1, -0.05) is 23.8 Å². The number of rotatable bonds is 4. The third-order valence-corrected chi connectivity index (χ3v) is 3.81. The highest BCUT2D eigenvalue weighted by atomic mass is 35.5. The molecule has 0 heterocycles. The number of aryl methyl sites for hydroxylation is 2. The number of ketones is 2. The molecule has 0 unspecified atom stereocenters. The summed E-state index contributed by atoms with van der Waals surface area (Å²) in [6.45, 7) is 2.97. The van der Waals surface area contributed by atoms with Crippen molar-refractivity contribution in [3.8, 4) is 0 Å². The van der Waals surface area contributed by atoms with Gasteiger partial charge < -0.3 is 0 Å². The highest BCUT2D eigenvalue weighted by Gasteiger charge is 2.39. The Labute approximate surface area is 176 Å². The van der Waals surface area contributed by atoms with Gasteiger partial charge in [0.25, 0.3) is 0 Å². The molecule has 30 heavy (non-hydrogen) atoms. The highest BCUT2D eigenvalue weighted by molar-refractivity contribution is 6.35. The van der Waals surface area contributed by atoms with Crippen LogP contribution in [0.25, 0.3) is 0 Å². The lowest BCUT2D eigenvalue weighted by atomic mass is 10.0. The van der Waals surface area contributed by atoms with Gasteiger partial charge in [0.1, 0.15) is 0 Å². The smallest absolute Gasteiger partial charge is 0.286 e. The molecule has 0 aliphatic carbocycles. The number of hydrogen-bond donors (Lipinski definition) is 0. The Bertz CT molecular complexity index is 930. The summed E-state index contributed by atoms with van der Waals surface area (Å²) in [6, 6.07) is 7.96. The van der Waals surface area contributed by atoms with Gasteiger partial charge in [0.15, 0.2) is 0 Å². The first-order chi connectivity index (χ1) is 13.4. The fourth-order valence-corrected chi connectivity index (χ4v) is 2.41. The van der Waals surface area contributed by atoms with Crippen LogP contribution in [0, 0.1) is 13.8 Å². The Morgan fingerprint density at radius 3 is 1.60 bits per heavy atom.